The number of aromatic nitrogens is 1. The largest absolute Gasteiger partial charge is 0.494 e. The van der Waals surface area contributed by atoms with Crippen LogP contribution in [0, 0.1) is 5.82 Å². The number of hydrogen-bond donors (Lipinski definition) is 2. The van der Waals surface area contributed by atoms with E-state index in [4.69, 9.17) is 4.74 Å². The Bertz CT molecular complexity index is 1300. The average Bonchev–Trinajstić information content (AvgIpc) is 2.73. The van der Waals surface area contributed by atoms with Gasteiger partial charge in [0.05, 0.1) is 17.6 Å². The van der Waals surface area contributed by atoms with Gasteiger partial charge in [-0.1, -0.05) is 13.8 Å². The summed E-state index contributed by atoms with van der Waals surface area (Å²) in [5, 5.41) is 2.78. The number of pyridine rings is 1. The summed E-state index contributed by atoms with van der Waals surface area (Å²) in [5.74, 6) is -1.33. The number of H-pyrrole nitrogens is 1. The molecule has 0 fully saturated rings. The van der Waals surface area contributed by atoms with Crippen molar-refractivity contribution in [1.82, 2.24) is 9.29 Å². The minimum Gasteiger partial charge on any atom is -0.494 e. The van der Waals surface area contributed by atoms with E-state index in [1.54, 1.807) is 13.8 Å². The number of rotatable bonds is 7. The van der Waals surface area contributed by atoms with Crippen LogP contribution in [0.2, 0.25) is 0 Å². The monoisotopic (exact) mass is 447 g/mol. The molecule has 0 aliphatic heterocycles. The lowest BCUT2D eigenvalue weighted by Crippen LogP contribution is -2.30. The molecule has 0 radical (unpaired) electrons. The summed E-state index contributed by atoms with van der Waals surface area (Å²) in [7, 11) is -2.45. The highest BCUT2D eigenvalue weighted by atomic mass is 32.2. The summed E-state index contributed by atoms with van der Waals surface area (Å²) in [6, 6.07) is 9.14. The van der Waals surface area contributed by atoms with Gasteiger partial charge in [0.2, 0.25) is 15.6 Å². The molecule has 3 aromatic rings. The van der Waals surface area contributed by atoms with Gasteiger partial charge in [0, 0.05) is 41.8 Å². The SMILES string of the molecule is CCN(CC)S(=O)(=O)c1ccc2[nH]c(=O)cc(C(=O)Nc3ccc(OC)c(F)c3)c2c1. The molecule has 1 heterocycles. The van der Waals surface area contributed by atoms with Crippen molar-refractivity contribution in [3.8, 4) is 5.75 Å². The second-order valence-corrected chi connectivity index (χ2v) is 8.59. The molecule has 164 valence electrons. The zero-order valence-corrected chi connectivity index (χ0v) is 18.0. The van der Waals surface area contributed by atoms with Gasteiger partial charge >= 0.3 is 0 Å². The molecule has 31 heavy (non-hydrogen) atoms. The van der Waals surface area contributed by atoms with E-state index in [0.717, 1.165) is 12.1 Å². The zero-order chi connectivity index (χ0) is 22.8. The number of hydrogen-bond acceptors (Lipinski definition) is 5. The van der Waals surface area contributed by atoms with Crippen LogP contribution >= 0.6 is 0 Å². The predicted octanol–water partition coefficient (Wildman–Crippen LogP) is 2.96. The maximum Gasteiger partial charge on any atom is 0.256 e. The second-order valence-electron chi connectivity index (χ2n) is 6.65. The van der Waals surface area contributed by atoms with Crippen molar-refractivity contribution >= 4 is 32.5 Å². The topological polar surface area (TPSA) is 109 Å². The van der Waals surface area contributed by atoms with E-state index in [1.165, 1.54) is 41.7 Å². The molecule has 0 aliphatic rings. The van der Waals surface area contributed by atoms with Crippen molar-refractivity contribution in [2.24, 2.45) is 0 Å². The normalized spacial score (nSPS) is 11.6. The van der Waals surface area contributed by atoms with Crippen molar-refractivity contribution < 1.29 is 22.3 Å². The van der Waals surface area contributed by atoms with Crippen LogP contribution in [-0.2, 0) is 10.0 Å². The summed E-state index contributed by atoms with van der Waals surface area (Å²) in [6.45, 7) is 4.04. The van der Waals surface area contributed by atoms with Crippen molar-refractivity contribution in [3.63, 3.8) is 0 Å². The molecule has 10 heteroatoms. The number of aromatic amines is 1. The maximum absolute atomic E-state index is 13.9. The summed E-state index contributed by atoms with van der Waals surface area (Å²) in [5.41, 5.74) is -0.106. The van der Waals surface area contributed by atoms with Crippen LogP contribution in [0.4, 0.5) is 10.1 Å². The Morgan fingerprint density at radius 2 is 1.84 bits per heavy atom. The number of carbonyl (C=O) groups is 1. The van der Waals surface area contributed by atoms with E-state index in [1.807, 2.05) is 0 Å². The van der Waals surface area contributed by atoms with E-state index in [2.05, 4.69) is 10.3 Å². The number of amides is 1. The lowest BCUT2D eigenvalue weighted by molar-refractivity contribution is 0.102. The van der Waals surface area contributed by atoms with Gasteiger partial charge in [-0.2, -0.15) is 4.31 Å². The third-order valence-corrected chi connectivity index (χ3v) is 6.86. The van der Waals surface area contributed by atoms with E-state index in [-0.39, 0.29) is 27.3 Å². The number of fused-ring (bicyclic) bond motifs is 1. The quantitative estimate of drug-likeness (QED) is 0.579. The van der Waals surface area contributed by atoms with Crippen LogP contribution in [0.25, 0.3) is 10.9 Å². The van der Waals surface area contributed by atoms with Crippen LogP contribution in [0.1, 0.15) is 24.2 Å². The first-order valence-corrected chi connectivity index (χ1v) is 11.0. The van der Waals surface area contributed by atoms with Crippen molar-refractivity contribution in [1.29, 1.82) is 0 Å². The van der Waals surface area contributed by atoms with Crippen LogP contribution in [0.3, 0.4) is 0 Å². The fraction of sp³-hybridized carbons (Fsp3) is 0.238. The van der Waals surface area contributed by atoms with Crippen LogP contribution in [0.15, 0.2) is 52.2 Å². The third-order valence-electron chi connectivity index (χ3n) is 4.81. The molecular formula is C21H22FN3O5S. The van der Waals surface area contributed by atoms with Crippen molar-refractivity contribution in [3.05, 3.63) is 64.2 Å². The fourth-order valence-corrected chi connectivity index (χ4v) is 4.72. The number of anilines is 1. The molecule has 0 atom stereocenters. The fourth-order valence-electron chi connectivity index (χ4n) is 3.24. The molecule has 3 rings (SSSR count). The third kappa shape index (κ3) is 4.44. The maximum atomic E-state index is 13.9. The average molecular weight is 447 g/mol. The van der Waals surface area contributed by atoms with E-state index in [9.17, 15) is 22.4 Å². The number of ether oxygens (including phenoxy) is 1. The lowest BCUT2D eigenvalue weighted by Gasteiger charge is -2.19. The van der Waals surface area contributed by atoms with Crippen LogP contribution < -0.4 is 15.6 Å². The summed E-state index contributed by atoms with van der Waals surface area (Å²) < 4.78 is 45.8. The number of sulfonamides is 1. The first-order chi connectivity index (χ1) is 14.7. The van der Waals surface area contributed by atoms with Gasteiger partial charge in [-0.15, -0.1) is 0 Å². The molecule has 1 amide bonds. The molecule has 0 spiro atoms. The Labute approximate surface area is 178 Å². The van der Waals surface area contributed by atoms with E-state index >= 15 is 0 Å². The highest BCUT2D eigenvalue weighted by Crippen LogP contribution is 2.25. The first kappa shape index (κ1) is 22.4. The number of carbonyl (C=O) groups excluding carboxylic acids is 1. The zero-order valence-electron chi connectivity index (χ0n) is 17.2. The molecule has 0 aliphatic carbocycles. The molecule has 2 aromatic carbocycles. The Morgan fingerprint density at radius 1 is 1.13 bits per heavy atom. The molecule has 8 nitrogen and oxygen atoms in total. The Hall–Kier alpha value is -3.24. The molecule has 0 saturated carbocycles. The summed E-state index contributed by atoms with van der Waals surface area (Å²) >= 11 is 0. The van der Waals surface area contributed by atoms with Gasteiger partial charge in [0.1, 0.15) is 0 Å². The molecule has 0 bridgehead atoms. The number of nitrogens with zero attached hydrogens (tertiary/aromatic N) is 1. The number of halogens is 1. The van der Waals surface area contributed by atoms with E-state index < -0.39 is 27.3 Å². The number of methoxy groups -OCH3 is 1. The van der Waals surface area contributed by atoms with Crippen LogP contribution in [-0.4, -0.2) is 43.8 Å². The Balaban J connectivity index is 2.08. The highest BCUT2D eigenvalue weighted by molar-refractivity contribution is 7.89. The second kappa shape index (κ2) is 8.86. The van der Waals surface area contributed by atoms with Gasteiger partial charge in [-0.3, -0.25) is 9.59 Å². The van der Waals surface area contributed by atoms with Gasteiger partial charge < -0.3 is 15.0 Å². The minimum absolute atomic E-state index is 0.000269. The van der Waals surface area contributed by atoms with Gasteiger partial charge in [-0.05, 0) is 30.3 Å². The smallest absolute Gasteiger partial charge is 0.256 e. The Morgan fingerprint density at radius 3 is 2.45 bits per heavy atom. The summed E-state index contributed by atoms with van der Waals surface area (Å²) in [4.78, 5) is 27.5. The molecule has 1 aromatic heterocycles. The lowest BCUT2D eigenvalue weighted by atomic mass is 10.1. The number of benzene rings is 2. The number of nitrogens with one attached hydrogen (secondary N) is 2. The first-order valence-electron chi connectivity index (χ1n) is 9.53. The molecule has 2 N–H and O–H groups in total. The van der Waals surface area contributed by atoms with Crippen LogP contribution in [0.5, 0.6) is 5.75 Å². The van der Waals surface area contributed by atoms with Gasteiger partial charge in [0.25, 0.3) is 5.91 Å². The predicted molar refractivity (Wildman–Crippen MR) is 116 cm³/mol. The standard InChI is InChI=1S/C21H22FN3O5S/c1-4-25(5-2)31(28,29)14-7-8-18-15(11-14)16(12-20(26)24-18)21(27)23-13-6-9-19(30-3)17(22)10-13/h6-12H,4-5H2,1-3H3,(H,23,27)(H,24,26). The highest BCUT2D eigenvalue weighted by Gasteiger charge is 2.23. The van der Waals surface area contributed by atoms with Crippen molar-refractivity contribution in [2.45, 2.75) is 18.7 Å². The molecule has 0 unspecified atom stereocenters. The molecule has 0 saturated heterocycles. The van der Waals surface area contributed by atoms with Gasteiger partial charge in [-0.25, -0.2) is 12.8 Å². The summed E-state index contributed by atoms with van der Waals surface area (Å²) in [6.07, 6.45) is 0. The minimum atomic E-state index is -3.77. The Kier molecular flexibility index (Phi) is 6.42. The van der Waals surface area contributed by atoms with Crippen molar-refractivity contribution in [2.75, 3.05) is 25.5 Å². The van der Waals surface area contributed by atoms with E-state index in [0.29, 0.717) is 18.6 Å². The molecular weight excluding hydrogens is 425 g/mol. The van der Waals surface area contributed by atoms with Gasteiger partial charge in [0.15, 0.2) is 11.6 Å².